The molecule has 1 aromatic rings. The quantitative estimate of drug-likeness (QED) is 0.774. The standard InChI is InChI=1S/C11H17NO3/c1-8(2)9(5-6-13)12-11(14)10-4-3-7-15-10/h3-4,7-9,13H,5-6H2,1-2H3,(H,12,14). The Labute approximate surface area is 89.3 Å². The average Bonchev–Trinajstić information content (AvgIpc) is 2.69. The predicted octanol–water partition coefficient (Wildman–Crippen LogP) is 1.42. The van der Waals surface area contributed by atoms with Crippen molar-refractivity contribution >= 4 is 5.91 Å². The van der Waals surface area contributed by atoms with Crippen molar-refractivity contribution in [1.82, 2.24) is 5.32 Å². The third-order valence-electron chi connectivity index (χ3n) is 2.31. The summed E-state index contributed by atoms with van der Waals surface area (Å²) >= 11 is 0. The van der Waals surface area contributed by atoms with Gasteiger partial charge in [-0.3, -0.25) is 4.79 Å². The Balaban J connectivity index is 2.55. The zero-order chi connectivity index (χ0) is 11.3. The van der Waals surface area contributed by atoms with E-state index < -0.39 is 0 Å². The van der Waals surface area contributed by atoms with Gasteiger partial charge >= 0.3 is 0 Å². The molecule has 2 N–H and O–H groups in total. The van der Waals surface area contributed by atoms with Crippen LogP contribution in [0.4, 0.5) is 0 Å². The number of hydrogen-bond donors (Lipinski definition) is 2. The fourth-order valence-corrected chi connectivity index (χ4v) is 1.36. The summed E-state index contributed by atoms with van der Waals surface area (Å²) in [6.45, 7) is 4.08. The van der Waals surface area contributed by atoms with E-state index in [9.17, 15) is 4.79 Å². The third-order valence-corrected chi connectivity index (χ3v) is 2.31. The molecule has 0 spiro atoms. The van der Waals surface area contributed by atoms with Gasteiger partial charge in [0.25, 0.3) is 5.91 Å². The van der Waals surface area contributed by atoms with Crippen molar-refractivity contribution < 1.29 is 14.3 Å². The molecule has 1 unspecified atom stereocenters. The molecule has 1 heterocycles. The second-order valence-electron chi connectivity index (χ2n) is 3.81. The molecule has 1 rings (SSSR count). The van der Waals surface area contributed by atoms with Crippen molar-refractivity contribution in [3.63, 3.8) is 0 Å². The van der Waals surface area contributed by atoms with Crippen LogP contribution in [0.1, 0.15) is 30.8 Å². The Morgan fingerprint density at radius 3 is 2.80 bits per heavy atom. The summed E-state index contributed by atoms with van der Waals surface area (Å²) in [7, 11) is 0. The van der Waals surface area contributed by atoms with Crippen LogP contribution in [0.5, 0.6) is 0 Å². The molecule has 1 aromatic heterocycles. The molecule has 0 radical (unpaired) electrons. The summed E-state index contributed by atoms with van der Waals surface area (Å²) in [6, 6.07) is 3.27. The topological polar surface area (TPSA) is 62.5 Å². The predicted molar refractivity (Wildman–Crippen MR) is 56.5 cm³/mol. The highest BCUT2D eigenvalue weighted by molar-refractivity contribution is 5.91. The zero-order valence-corrected chi connectivity index (χ0v) is 9.06. The van der Waals surface area contributed by atoms with Crippen LogP contribution in [0.15, 0.2) is 22.8 Å². The van der Waals surface area contributed by atoms with Gasteiger partial charge in [-0.15, -0.1) is 0 Å². The number of rotatable bonds is 5. The highest BCUT2D eigenvalue weighted by atomic mass is 16.3. The van der Waals surface area contributed by atoms with Gasteiger partial charge in [0.15, 0.2) is 5.76 Å². The van der Waals surface area contributed by atoms with Gasteiger partial charge in [0.2, 0.25) is 0 Å². The maximum absolute atomic E-state index is 11.6. The number of aliphatic hydroxyl groups excluding tert-OH is 1. The van der Waals surface area contributed by atoms with E-state index in [1.165, 1.54) is 6.26 Å². The molecule has 4 heteroatoms. The average molecular weight is 211 g/mol. The molecule has 15 heavy (non-hydrogen) atoms. The van der Waals surface area contributed by atoms with Crippen LogP contribution in [-0.4, -0.2) is 23.7 Å². The number of hydrogen-bond acceptors (Lipinski definition) is 3. The summed E-state index contributed by atoms with van der Waals surface area (Å²) in [5.41, 5.74) is 0. The second kappa shape index (κ2) is 5.56. The Kier molecular flexibility index (Phi) is 4.37. The van der Waals surface area contributed by atoms with E-state index in [0.29, 0.717) is 12.2 Å². The summed E-state index contributed by atoms with van der Waals surface area (Å²) in [6.07, 6.45) is 2.02. The molecular formula is C11H17NO3. The maximum Gasteiger partial charge on any atom is 0.287 e. The molecule has 0 aliphatic rings. The first-order valence-electron chi connectivity index (χ1n) is 5.10. The maximum atomic E-state index is 11.6. The number of aliphatic hydroxyl groups is 1. The van der Waals surface area contributed by atoms with E-state index in [1.54, 1.807) is 12.1 Å². The van der Waals surface area contributed by atoms with Crippen LogP contribution in [-0.2, 0) is 0 Å². The molecule has 84 valence electrons. The number of amides is 1. The molecule has 4 nitrogen and oxygen atoms in total. The van der Waals surface area contributed by atoms with Crippen LogP contribution < -0.4 is 5.32 Å². The lowest BCUT2D eigenvalue weighted by atomic mass is 10.0. The largest absolute Gasteiger partial charge is 0.459 e. The number of carbonyl (C=O) groups is 1. The van der Waals surface area contributed by atoms with Crippen LogP contribution >= 0.6 is 0 Å². The summed E-state index contributed by atoms with van der Waals surface area (Å²) in [5.74, 6) is 0.363. The Hall–Kier alpha value is -1.29. The molecule has 0 aliphatic heterocycles. The van der Waals surface area contributed by atoms with Gasteiger partial charge in [0.1, 0.15) is 0 Å². The smallest absolute Gasteiger partial charge is 0.287 e. The lowest BCUT2D eigenvalue weighted by Crippen LogP contribution is -2.39. The van der Waals surface area contributed by atoms with Gasteiger partial charge in [0, 0.05) is 12.6 Å². The molecule has 0 aromatic carbocycles. The van der Waals surface area contributed by atoms with Crippen molar-refractivity contribution in [3.8, 4) is 0 Å². The number of furan rings is 1. The van der Waals surface area contributed by atoms with E-state index in [4.69, 9.17) is 9.52 Å². The van der Waals surface area contributed by atoms with Crippen LogP contribution in [0.25, 0.3) is 0 Å². The van der Waals surface area contributed by atoms with Gasteiger partial charge in [0.05, 0.1) is 6.26 Å². The van der Waals surface area contributed by atoms with E-state index >= 15 is 0 Å². The van der Waals surface area contributed by atoms with Crippen molar-refractivity contribution in [1.29, 1.82) is 0 Å². The van der Waals surface area contributed by atoms with Gasteiger partial charge < -0.3 is 14.8 Å². The molecule has 0 aliphatic carbocycles. The van der Waals surface area contributed by atoms with Crippen LogP contribution in [0.2, 0.25) is 0 Å². The van der Waals surface area contributed by atoms with Gasteiger partial charge in [-0.1, -0.05) is 13.8 Å². The zero-order valence-electron chi connectivity index (χ0n) is 9.06. The van der Waals surface area contributed by atoms with Crippen molar-refractivity contribution in [2.24, 2.45) is 5.92 Å². The van der Waals surface area contributed by atoms with Gasteiger partial charge in [-0.2, -0.15) is 0 Å². The first-order valence-corrected chi connectivity index (χ1v) is 5.10. The first kappa shape index (κ1) is 11.8. The molecule has 1 amide bonds. The summed E-state index contributed by atoms with van der Waals surface area (Å²) in [5, 5.41) is 11.7. The highest BCUT2D eigenvalue weighted by Gasteiger charge is 2.17. The third kappa shape index (κ3) is 3.40. The Morgan fingerprint density at radius 1 is 1.60 bits per heavy atom. The Bertz CT molecular complexity index is 293. The monoisotopic (exact) mass is 211 g/mol. The minimum atomic E-state index is -0.229. The SMILES string of the molecule is CC(C)C(CCO)NC(=O)c1ccco1. The van der Waals surface area contributed by atoms with Crippen LogP contribution in [0, 0.1) is 5.92 Å². The van der Waals surface area contributed by atoms with E-state index in [2.05, 4.69) is 5.32 Å². The second-order valence-corrected chi connectivity index (χ2v) is 3.81. The van der Waals surface area contributed by atoms with E-state index in [-0.39, 0.29) is 24.5 Å². The highest BCUT2D eigenvalue weighted by Crippen LogP contribution is 2.07. The molecule has 0 saturated carbocycles. The fourth-order valence-electron chi connectivity index (χ4n) is 1.36. The number of carbonyl (C=O) groups excluding carboxylic acids is 1. The minimum Gasteiger partial charge on any atom is -0.459 e. The lowest BCUT2D eigenvalue weighted by Gasteiger charge is -2.20. The molecule has 0 fully saturated rings. The normalized spacial score (nSPS) is 12.8. The van der Waals surface area contributed by atoms with Crippen molar-refractivity contribution in [3.05, 3.63) is 24.2 Å². The van der Waals surface area contributed by atoms with Gasteiger partial charge in [-0.05, 0) is 24.5 Å². The fraction of sp³-hybridized carbons (Fsp3) is 0.545. The Morgan fingerprint density at radius 2 is 2.33 bits per heavy atom. The summed E-state index contributed by atoms with van der Waals surface area (Å²) < 4.78 is 4.98. The molecule has 0 bridgehead atoms. The van der Waals surface area contributed by atoms with Crippen molar-refractivity contribution in [2.75, 3.05) is 6.61 Å². The first-order chi connectivity index (χ1) is 7.15. The molecular weight excluding hydrogens is 194 g/mol. The lowest BCUT2D eigenvalue weighted by molar-refractivity contribution is 0.0888. The summed E-state index contributed by atoms with van der Waals surface area (Å²) in [4.78, 5) is 11.6. The van der Waals surface area contributed by atoms with E-state index in [0.717, 1.165) is 0 Å². The number of nitrogens with one attached hydrogen (secondary N) is 1. The molecule has 0 saturated heterocycles. The minimum absolute atomic E-state index is 0.0207. The van der Waals surface area contributed by atoms with Crippen molar-refractivity contribution in [2.45, 2.75) is 26.3 Å². The van der Waals surface area contributed by atoms with Crippen LogP contribution in [0.3, 0.4) is 0 Å². The molecule has 1 atom stereocenters. The van der Waals surface area contributed by atoms with E-state index in [1.807, 2.05) is 13.8 Å². The van der Waals surface area contributed by atoms with Gasteiger partial charge in [-0.25, -0.2) is 0 Å².